The van der Waals surface area contributed by atoms with Gasteiger partial charge in [0.25, 0.3) is 11.8 Å². The Labute approximate surface area is 224 Å². The van der Waals surface area contributed by atoms with Gasteiger partial charge in [-0.25, -0.2) is 12.8 Å². The van der Waals surface area contributed by atoms with E-state index in [2.05, 4.69) is 15.6 Å². The lowest BCUT2D eigenvalue weighted by Crippen LogP contribution is -2.52. The van der Waals surface area contributed by atoms with E-state index in [4.69, 9.17) is 16.3 Å². The monoisotopic (exact) mass is 565 g/mol. The van der Waals surface area contributed by atoms with Gasteiger partial charge in [0.1, 0.15) is 24.2 Å². The van der Waals surface area contributed by atoms with Gasteiger partial charge in [-0.1, -0.05) is 35.9 Å². The number of carbonyl (C=O) groups is 2. The van der Waals surface area contributed by atoms with E-state index in [0.717, 1.165) is 0 Å². The first kappa shape index (κ1) is 28.5. The highest BCUT2D eigenvalue weighted by Gasteiger charge is 2.26. The lowest BCUT2D eigenvalue weighted by atomic mass is 10.2. The number of hydrogen-bond acceptors (Lipinski definition) is 6. The molecule has 0 aliphatic rings. The Morgan fingerprint density at radius 1 is 1.00 bits per heavy atom. The zero-order valence-corrected chi connectivity index (χ0v) is 22.1. The number of hydrogen-bond donors (Lipinski definition) is 3. The summed E-state index contributed by atoms with van der Waals surface area (Å²) in [6.45, 7) is 0.0974. The van der Waals surface area contributed by atoms with Crippen molar-refractivity contribution >= 4 is 45.2 Å². The van der Waals surface area contributed by atoms with Crippen LogP contribution in [0.25, 0.3) is 0 Å². The van der Waals surface area contributed by atoms with Gasteiger partial charge in [0.15, 0.2) is 0 Å². The molecular formula is C25H25ClFN3O5S2. The lowest BCUT2D eigenvalue weighted by molar-refractivity contribution is -0.123. The van der Waals surface area contributed by atoms with Crippen molar-refractivity contribution in [1.82, 2.24) is 15.6 Å². The number of hydrazine groups is 1. The topological polar surface area (TPSA) is 114 Å². The van der Waals surface area contributed by atoms with E-state index < -0.39 is 27.9 Å². The highest BCUT2D eigenvalue weighted by atomic mass is 35.5. The third kappa shape index (κ3) is 8.46. The molecule has 0 saturated carbocycles. The molecule has 12 heteroatoms. The molecule has 0 fully saturated rings. The summed E-state index contributed by atoms with van der Waals surface area (Å²) in [5.74, 6) is -1.02. The first-order valence-corrected chi connectivity index (χ1v) is 14.3. The predicted molar refractivity (Wildman–Crippen MR) is 141 cm³/mol. The number of benzene rings is 3. The van der Waals surface area contributed by atoms with E-state index in [-0.39, 0.29) is 35.1 Å². The fourth-order valence-electron chi connectivity index (χ4n) is 3.14. The lowest BCUT2D eigenvalue weighted by Gasteiger charge is -2.19. The van der Waals surface area contributed by atoms with E-state index in [1.165, 1.54) is 54.2 Å². The third-order valence-corrected chi connectivity index (χ3v) is 7.47. The molecule has 0 unspecified atom stereocenters. The Morgan fingerprint density at radius 2 is 1.68 bits per heavy atom. The van der Waals surface area contributed by atoms with Gasteiger partial charge in [-0.15, -0.1) is 0 Å². The molecule has 1 atom stereocenters. The molecule has 3 aromatic carbocycles. The molecule has 37 heavy (non-hydrogen) atoms. The third-order valence-electron chi connectivity index (χ3n) is 5.09. The number of thioether (sulfide) groups is 1. The van der Waals surface area contributed by atoms with Crippen molar-refractivity contribution in [1.29, 1.82) is 0 Å². The molecule has 2 amide bonds. The smallest absolute Gasteiger partial charge is 0.273 e. The van der Waals surface area contributed by atoms with Crippen LogP contribution in [-0.4, -0.2) is 38.3 Å². The maximum absolute atomic E-state index is 13.1. The second-order valence-electron chi connectivity index (χ2n) is 7.76. The number of halogens is 2. The number of rotatable bonds is 11. The minimum atomic E-state index is -4.02. The average molecular weight is 566 g/mol. The van der Waals surface area contributed by atoms with Gasteiger partial charge < -0.3 is 4.74 Å². The molecule has 0 radical (unpaired) electrons. The van der Waals surface area contributed by atoms with Crippen molar-refractivity contribution in [3.8, 4) is 5.75 Å². The molecule has 196 valence electrons. The van der Waals surface area contributed by atoms with Crippen LogP contribution in [0, 0.1) is 5.82 Å². The van der Waals surface area contributed by atoms with Gasteiger partial charge in [0.2, 0.25) is 10.0 Å². The summed E-state index contributed by atoms with van der Waals surface area (Å²) in [6, 6.07) is 16.5. The van der Waals surface area contributed by atoms with Crippen LogP contribution in [0.3, 0.4) is 0 Å². The largest absolute Gasteiger partial charge is 0.488 e. The zero-order chi connectivity index (χ0) is 26.8. The van der Waals surface area contributed by atoms with Crippen LogP contribution in [-0.2, 0) is 21.4 Å². The standard InChI is InChI=1S/C25H25ClFN3O5S2/c1-36-15-14-22(30-37(33,34)20-12-8-18(26)9-13-20)25(32)29-28-24(31)21-4-2-3-5-23(21)35-16-17-6-10-19(27)11-7-17/h2-13,22,30H,14-16H2,1H3,(H,28,31)(H,29,32)/t22-/m0/s1. The first-order valence-electron chi connectivity index (χ1n) is 11.0. The molecule has 3 aromatic rings. The average Bonchev–Trinajstić information content (AvgIpc) is 2.89. The van der Waals surface area contributed by atoms with Gasteiger partial charge >= 0.3 is 0 Å². The highest BCUT2D eigenvalue weighted by molar-refractivity contribution is 7.98. The number of para-hydroxylation sites is 1. The van der Waals surface area contributed by atoms with Crippen LogP contribution >= 0.6 is 23.4 Å². The van der Waals surface area contributed by atoms with Gasteiger partial charge in [-0.05, 0) is 72.5 Å². The summed E-state index contributed by atoms with van der Waals surface area (Å²) < 4.78 is 46.7. The van der Waals surface area contributed by atoms with Crippen LogP contribution in [0.15, 0.2) is 77.7 Å². The van der Waals surface area contributed by atoms with Crippen LogP contribution < -0.4 is 20.3 Å². The molecule has 0 saturated heterocycles. The fourth-order valence-corrected chi connectivity index (χ4v) is 4.97. The summed E-state index contributed by atoms with van der Waals surface area (Å²) in [4.78, 5) is 25.6. The van der Waals surface area contributed by atoms with Crippen LogP contribution in [0.4, 0.5) is 4.39 Å². The molecule has 0 spiro atoms. The molecule has 0 aliphatic carbocycles. The van der Waals surface area contributed by atoms with Crippen LogP contribution in [0.2, 0.25) is 5.02 Å². The maximum Gasteiger partial charge on any atom is 0.273 e. The minimum Gasteiger partial charge on any atom is -0.488 e. The predicted octanol–water partition coefficient (Wildman–Crippen LogP) is 3.92. The fraction of sp³-hybridized carbons (Fsp3) is 0.200. The van der Waals surface area contributed by atoms with Crippen molar-refractivity contribution < 1.29 is 27.1 Å². The maximum atomic E-state index is 13.1. The highest BCUT2D eigenvalue weighted by Crippen LogP contribution is 2.20. The SMILES string of the molecule is CSCC[C@H](NS(=O)(=O)c1ccc(Cl)cc1)C(=O)NNC(=O)c1ccccc1OCc1ccc(F)cc1. The van der Waals surface area contributed by atoms with Gasteiger partial charge in [-0.2, -0.15) is 16.5 Å². The summed E-state index contributed by atoms with van der Waals surface area (Å²) in [5, 5.41) is 0.375. The van der Waals surface area contributed by atoms with Crippen molar-refractivity contribution in [3.05, 3.63) is 94.8 Å². The number of ether oxygens (including phenoxy) is 1. The molecule has 0 aromatic heterocycles. The molecule has 3 N–H and O–H groups in total. The minimum absolute atomic E-state index is 0.0462. The molecular weight excluding hydrogens is 541 g/mol. The number of carbonyl (C=O) groups excluding carboxylic acids is 2. The summed E-state index contributed by atoms with van der Waals surface area (Å²) in [5.41, 5.74) is 5.44. The first-order chi connectivity index (χ1) is 17.7. The van der Waals surface area contributed by atoms with E-state index in [1.807, 2.05) is 6.26 Å². The molecule has 8 nitrogen and oxygen atoms in total. The summed E-state index contributed by atoms with van der Waals surface area (Å²) >= 11 is 7.27. The Balaban J connectivity index is 1.65. The van der Waals surface area contributed by atoms with Crippen molar-refractivity contribution in [2.75, 3.05) is 12.0 Å². The van der Waals surface area contributed by atoms with E-state index in [0.29, 0.717) is 16.3 Å². The van der Waals surface area contributed by atoms with Crippen molar-refractivity contribution in [2.24, 2.45) is 0 Å². The Bertz CT molecular complexity index is 1320. The molecule has 0 heterocycles. The van der Waals surface area contributed by atoms with Gasteiger partial charge in [0.05, 0.1) is 10.5 Å². The molecule has 0 bridgehead atoms. The second kappa shape index (κ2) is 13.4. The quantitative estimate of drug-likeness (QED) is 0.304. The second-order valence-corrected chi connectivity index (χ2v) is 10.9. The van der Waals surface area contributed by atoms with Crippen LogP contribution in [0.5, 0.6) is 5.75 Å². The van der Waals surface area contributed by atoms with Crippen molar-refractivity contribution in [2.45, 2.75) is 24.0 Å². The number of nitrogens with one attached hydrogen (secondary N) is 3. The Morgan fingerprint density at radius 3 is 2.35 bits per heavy atom. The molecule has 3 rings (SSSR count). The summed E-state index contributed by atoms with van der Waals surface area (Å²) in [6.07, 6.45) is 2.01. The Kier molecular flexibility index (Phi) is 10.3. The summed E-state index contributed by atoms with van der Waals surface area (Å²) in [7, 11) is -4.02. The van der Waals surface area contributed by atoms with E-state index in [9.17, 15) is 22.4 Å². The van der Waals surface area contributed by atoms with Gasteiger partial charge in [-0.3, -0.25) is 20.4 Å². The normalized spacial score (nSPS) is 12.0. The van der Waals surface area contributed by atoms with E-state index in [1.54, 1.807) is 30.3 Å². The van der Waals surface area contributed by atoms with Crippen LogP contribution in [0.1, 0.15) is 22.3 Å². The number of sulfonamides is 1. The van der Waals surface area contributed by atoms with Gasteiger partial charge in [0, 0.05) is 5.02 Å². The Hall–Kier alpha value is -3.12. The zero-order valence-electron chi connectivity index (χ0n) is 19.7. The van der Waals surface area contributed by atoms with E-state index >= 15 is 0 Å². The van der Waals surface area contributed by atoms with Crippen molar-refractivity contribution in [3.63, 3.8) is 0 Å². The number of amides is 2. The molecule has 0 aliphatic heterocycles.